The lowest BCUT2D eigenvalue weighted by atomic mass is 9.93. The molecule has 0 saturated heterocycles. The van der Waals surface area contributed by atoms with E-state index in [4.69, 9.17) is 5.11 Å². The van der Waals surface area contributed by atoms with Gasteiger partial charge in [-0.3, -0.25) is 14.9 Å². The Morgan fingerprint density at radius 2 is 1.88 bits per heavy atom. The summed E-state index contributed by atoms with van der Waals surface area (Å²) in [5.74, 6) is 0.188. The molecule has 0 bridgehead atoms. The molecule has 0 radical (unpaired) electrons. The molecule has 1 atom stereocenters. The molecule has 3 aromatic rings. The average Bonchev–Trinajstić information content (AvgIpc) is 3.62. The van der Waals surface area contributed by atoms with Crippen molar-refractivity contribution in [2.45, 2.75) is 84.2 Å². The van der Waals surface area contributed by atoms with Crippen LogP contribution in [0.4, 0.5) is 16.3 Å². The molecule has 1 aromatic carbocycles. The van der Waals surface area contributed by atoms with E-state index < -0.39 is 5.97 Å². The largest absolute Gasteiger partial charge is 0.481 e. The molecule has 2 aromatic heterocycles. The van der Waals surface area contributed by atoms with Crippen molar-refractivity contribution in [3.8, 4) is 0 Å². The maximum absolute atomic E-state index is 13.2. The monoisotopic (exact) mass is 560 g/mol. The third kappa shape index (κ3) is 8.64. The summed E-state index contributed by atoms with van der Waals surface area (Å²) in [5, 5.41) is 17.9. The van der Waals surface area contributed by atoms with Gasteiger partial charge in [-0.2, -0.15) is 0 Å². The number of benzene rings is 1. The second kappa shape index (κ2) is 13.9. The standard InChI is InChI=1S/C31H40N6O4/c1-20(2)15-26(27-18-37(19-33-27)14-12-29(39)40)34-28(38)17-22-10-11-25(24(16-22)23-8-4-5-9-23)35-31(41)36-30-21(3)7-6-13-32-30/h6-7,10-11,13,16,18-20,23,26H,4-5,8-9,12,14-15,17H2,1-3H3,(H,34,38)(H,39,40)(H2,32,35,36,41). The molecule has 1 aliphatic carbocycles. The van der Waals surface area contributed by atoms with Crippen LogP contribution in [0.3, 0.4) is 0 Å². The number of carboxylic acid groups (broad SMARTS) is 1. The van der Waals surface area contributed by atoms with Gasteiger partial charge in [-0.1, -0.05) is 44.9 Å². The Kier molecular flexibility index (Phi) is 10.1. The van der Waals surface area contributed by atoms with Crippen molar-refractivity contribution >= 4 is 29.4 Å². The third-order valence-electron chi connectivity index (χ3n) is 7.40. The van der Waals surface area contributed by atoms with Crippen LogP contribution in [0.2, 0.25) is 0 Å². The van der Waals surface area contributed by atoms with E-state index in [9.17, 15) is 14.4 Å². The lowest BCUT2D eigenvalue weighted by Crippen LogP contribution is -2.31. The molecule has 10 nitrogen and oxygen atoms in total. The van der Waals surface area contributed by atoms with E-state index in [1.807, 2.05) is 37.4 Å². The molecular formula is C31H40N6O4. The van der Waals surface area contributed by atoms with Crippen molar-refractivity contribution in [1.29, 1.82) is 0 Å². The molecule has 1 fully saturated rings. The summed E-state index contributed by atoms with van der Waals surface area (Å²) in [6, 6.07) is 8.91. The SMILES string of the molecule is Cc1cccnc1NC(=O)Nc1ccc(CC(=O)NC(CC(C)C)c2cn(CCC(=O)O)cn2)cc1C1CCCC1. The van der Waals surface area contributed by atoms with Crippen molar-refractivity contribution in [3.05, 3.63) is 71.4 Å². The molecule has 1 saturated carbocycles. The van der Waals surface area contributed by atoms with E-state index in [1.165, 1.54) is 0 Å². The number of aliphatic carboxylic acids is 1. The van der Waals surface area contributed by atoms with Gasteiger partial charge in [0.15, 0.2) is 0 Å². The van der Waals surface area contributed by atoms with E-state index in [0.717, 1.165) is 53.8 Å². The molecule has 0 aliphatic heterocycles. The highest BCUT2D eigenvalue weighted by Gasteiger charge is 2.23. The van der Waals surface area contributed by atoms with Crippen molar-refractivity contribution in [2.24, 2.45) is 5.92 Å². The zero-order valence-electron chi connectivity index (χ0n) is 24.0. The first-order chi connectivity index (χ1) is 19.7. The van der Waals surface area contributed by atoms with Crippen LogP contribution in [-0.4, -0.2) is 37.5 Å². The number of hydrogen-bond donors (Lipinski definition) is 4. The predicted molar refractivity (Wildman–Crippen MR) is 158 cm³/mol. The second-order valence-corrected chi connectivity index (χ2v) is 11.3. The summed E-state index contributed by atoms with van der Waals surface area (Å²) < 4.78 is 1.74. The molecule has 4 N–H and O–H groups in total. The maximum atomic E-state index is 13.2. The summed E-state index contributed by atoms with van der Waals surface area (Å²) in [6.45, 7) is 6.40. The molecule has 3 amide bonds. The van der Waals surface area contributed by atoms with Crippen molar-refractivity contribution in [2.75, 3.05) is 10.6 Å². The highest BCUT2D eigenvalue weighted by molar-refractivity contribution is 6.00. The number of carbonyl (C=O) groups excluding carboxylic acids is 2. The first-order valence-electron chi connectivity index (χ1n) is 14.3. The minimum Gasteiger partial charge on any atom is -0.481 e. The fourth-order valence-corrected chi connectivity index (χ4v) is 5.35. The molecule has 1 unspecified atom stereocenters. The van der Waals surface area contributed by atoms with Gasteiger partial charge >= 0.3 is 12.0 Å². The zero-order valence-corrected chi connectivity index (χ0v) is 24.0. The predicted octanol–water partition coefficient (Wildman–Crippen LogP) is 5.81. The van der Waals surface area contributed by atoms with Crippen LogP contribution in [0.5, 0.6) is 0 Å². The van der Waals surface area contributed by atoms with E-state index in [0.29, 0.717) is 30.6 Å². The number of pyridine rings is 1. The van der Waals surface area contributed by atoms with Crippen LogP contribution >= 0.6 is 0 Å². The first-order valence-corrected chi connectivity index (χ1v) is 14.3. The van der Waals surface area contributed by atoms with Gasteiger partial charge < -0.3 is 20.3 Å². The number of imidazole rings is 1. The number of urea groups is 1. The topological polar surface area (TPSA) is 138 Å². The Labute approximate surface area is 241 Å². The van der Waals surface area contributed by atoms with E-state index >= 15 is 0 Å². The molecular weight excluding hydrogens is 520 g/mol. The van der Waals surface area contributed by atoms with Crippen LogP contribution in [0.25, 0.3) is 0 Å². The third-order valence-corrected chi connectivity index (χ3v) is 7.40. The number of carbonyl (C=O) groups is 3. The molecule has 218 valence electrons. The van der Waals surface area contributed by atoms with Crippen LogP contribution in [0.15, 0.2) is 49.1 Å². The molecule has 1 aliphatic rings. The van der Waals surface area contributed by atoms with E-state index in [1.54, 1.807) is 17.1 Å². The van der Waals surface area contributed by atoms with Gasteiger partial charge in [-0.05, 0) is 66.8 Å². The Bertz CT molecular complexity index is 1360. The lowest BCUT2D eigenvalue weighted by molar-refractivity contribution is -0.137. The number of hydrogen-bond acceptors (Lipinski definition) is 5. The van der Waals surface area contributed by atoms with Crippen LogP contribution in [0, 0.1) is 12.8 Å². The van der Waals surface area contributed by atoms with E-state index in [-0.39, 0.29) is 30.8 Å². The Morgan fingerprint density at radius 3 is 2.59 bits per heavy atom. The summed E-state index contributed by atoms with van der Waals surface area (Å²) >= 11 is 0. The van der Waals surface area contributed by atoms with Gasteiger partial charge in [0.2, 0.25) is 5.91 Å². The number of nitrogens with zero attached hydrogens (tertiary/aromatic N) is 3. The number of anilines is 2. The number of nitrogens with one attached hydrogen (secondary N) is 3. The highest BCUT2D eigenvalue weighted by atomic mass is 16.4. The average molecular weight is 561 g/mol. The molecule has 41 heavy (non-hydrogen) atoms. The maximum Gasteiger partial charge on any atom is 0.324 e. The van der Waals surface area contributed by atoms with Crippen molar-refractivity contribution in [1.82, 2.24) is 19.9 Å². The van der Waals surface area contributed by atoms with Crippen molar-refractivity contribution < 1.29 is 19.5 Å². The lowest BCUT2D eigenvalue weighted by Gasteiger charge is -2.20. The highest BCUT2D eigenvalue weighted by Crippen LogP contribution is 2.38. The number of aryl methyl sites for hydroxylation is 2. The number of amides is 3. The fraction of sp³-hybridized carbons (Fsp3) is 0.452. The summed E-state index contributed by atoms with van der Waals surface area (Å²) in [6.07, 6.45) is 10.4. The normalized spacial score (nSPS) is 14.1. The Balaban J connectivity index is 1.46. The number of aromatic nitrogens is 3. The molecule has 0 spiro atoms. The summed E-state index contributed by atoms with van der Waals surface area (Å²) in [5.41, 5.74) is 4.28. The molecule has 10 heteroatoms. The minimum absolute atomic E-state index is 0.00955. The smallest absolute Gasteiger partial charge is 0.324 e. The molecule has 2 heterocycles. The Hall–Kier alpha value is -4.21. The van der Waals surface area contributed by atoms with Gasteiger partial charge in [0, 0.05) is 24.6 Å². The van der Waals surface area contributed by atoms with Gasteiger partial charge in [0.1, 0.15) is 5.82 Å². The van der Waals surface area contributed by atoms with Crippen molar-refractivity contribution in [3.63, 3.8) is 0 Å². The summed E-state index contributed by atoms with van der Waals surface area (Å²) in [4.78, 5) is 45.7. The quantitative estimate of drug-likeness (QED) is 0.221. The summed E-state index contributed by atoms with van der Waals surface area (Å²) in [7, 11) is 0. The Morgan fingerprint density at radius 1 is 1.10 bits per heavy atom. The number of carboxylic acids is 1. The fourth-order valence-electron chi connectivity index (χ4n) is 5.35. The van der Waals surface area contributed by atoms with Gasteiger partial charge in [-0.25, -0.2) is 14.8 Å². The first kappa shape index (κ1) is 29.8. The van der Waals surface area contributed by atoms with Gasteiger partial charge in [0.25, 0.3) is 0 Å². The minimum atomic E-state index is -0.866. The van der Waals surface area contributed by atoms with E-state index in [2.05, 4.69) is 45.8 Å². The van der Waals surface area contributed by atoms with Crippen LogP contribution in [-0.2, 0) is 22.6 Å². The molecule has 4 rings (SSSR count). The van der Waals surface area contributed by atoms with Gasteiger partial charge in [0.05, 0.1) is 30.9 Å². The van der Waals surface area contributed by atoms with Crippen LogP contribution in [0.1, 0.15) is 86.7 Å². The van der Waals surface area contributed by atoms with Gasteiger partial charge in [-0.15, -0.1) is 0 Å². The second-order valence-electron chi connectivity index (χ2n) is 11.3. The van der Waals surface area contributed by atoms with Crippen LogP contribution < -0.4 is 16.0 Å². The number of rotatable bonds is 12. The zero-order chi connectivity index (χ0) is 29.4.